The lowest BCUT2D eigenvalue weighted by Crippen LogP contribution is -2.47. The normalized spacial score (nSPS) is 35.6. The Morgan fingerprint density at radius 3 is 2.44 bits per heavy atom. The molecule has 3 unspecified atom stereocenters. The second kappa shape index (κ2) is 5.27. The van der Waals surface area contributed by atoms with E-state index in [1.54, 1.807) is 26.2 Å². The van der Waals surface area contributed by atoms with Crippen molar-refractivity contribution >= 4 is 0 Å². The second-order valence-electron chi connectivity index (χ2n) is 4.24. The van der Waals surface area contributed by atoms with E-state index in [-0.39, 0.29) is 0 Å². The summed E-state index contributed by atoms with van der Waals surface area (Å²) in [5.74, 6) is -1.89. The first-order valence-electron chi connectivity index (χ1n) is 5.71. The molecule has 0 saturated heterocycles. The fraction of sp³-hybridized carbons (Fsp3) is 0.833. The summed E-state index contributed by atoms with van der Waals surface area (Å²) < 4.78 is 16.2. The number of ether oxygens (including phenoxy) is 3. The smallest absolute Gasteiger partial charge is 0.217 e. The van der Waals surface area contributed by atoms with Crippen molar-refractivity contribution in [3.8, 4) is 0 Å². The van der Waals surface area contributed by atoms with Gasteiger partial charge in [0.15, 0.2) is 5.79 Å². The molecule has 1 N–H and O–H groups in total. The van der Waals surface area contributed by atoms with Crippen LogP contribution in [-0.2, 0) is 14.2 Å². The highest BCUT2D eigenvalue weighted by atomic mass is 16.8. The third kappa shape index (κ3) is 2.63. The van der Waals surface area contributed by atoms with Crippen molar-refractivity contribution in [3.05, 3.63) is 12.2 Å². The summed E-state index contributed by atoms with van der Waals surface area (Å²) in [5.41, 5.74) is 0. The number of methoxy groups -OCH3 is 2. The van der Waals surface area contributed by atoms with Crippen LogP contribution in [-0.4, -0.2) is 37.0 Å². The van der Waals surface area contributed by atoms with Gasteiger partial charge >= 0.3 is 0 Å². The van der Waals surface area contributed by atoms with E-state index in [0.29, 0.717) is 6.42 Å². The average Bonchev–Trinajstić information content (AvgIpc) is 2.66. The molecule has 0 fully saturated rings. The van der Waals surface area contributed by atoms with Gasteiger partial charge in [-0.05, 0) is 25.5 Å². The minimum Gasteiger partial charge on any atom is -0.387 e. The van der Waals surface area contributed by atoms with Crippen molar-refractivity contribution in [2.45, 2.75) is 50.8 Å². The SMILES string of the molecule is CCCCC(O)C1(OC)C=CC(C)(OC)O1. The topological polar surface area (TPSA) is 47.9 Å². The first kappa shape index (κ1) is 13.6. The predicted octanol–water partition coefficient (Wildman–Crippen LogP) is 1.83. The van der Waals surface area contributed by atoms with Crippen LogP contribution in [0.3, 0.4) is 0 Å². The Kier molecular flexibility index (Phi) is 4.50. The highest BCUT2D eigenvalue weighted by Crippen LogP contribution is 2.36. The van der Waals surface area contributed by atoms with Crippen LogP contribution in [0.5, 0.6) is 0 Å². The molecular weight excluding hydrogens is 208 g/mol. The van der Waals surface area contributed by atoms with Crippen molar-refractivity contribution in [2.24, 2.45) is 0 Å². The van der Waals surface area contributed by atoms with E-state index in [2.05, 4.69) is 6.92 Å². The van der Waals surface area contributed by atoms with Gasteiger partial charge < -0.3 is 19.3 Å². The van der Waals surface area contributed by atoms with Crippen LogP contribution in [0, 0.1) is 0 Å². The molecule has 0 radical (unpaired) electrons. The molecule has 16 heavy (non-hydrogen) atoms. The van der Waals surface area contributed by atoms with E-state index in [0.717, 1.165) is 12.8 Å². The first-order valence-corrected chi connectivity index (χ1v) is 5.71. The zero-order chi connectivity index (χ0) is 12.2. The Balaban J connectivity index is 2.70. The second-order valence-corrected chi connectivity index (χ2v) is 4.24. The Hall–Kier alpha value is -0.420. The van der Waals surface area contributed by atoms with Gasteiger partial charge in [-0.15, -0.1) is 0 Å². The largest absolute Gasteiger partial charge is 0.387 e. The lowest BCUT2D eigenvalue weighted by atomic mass is 10.0. The molecule has 0 amide bonds. The summed E-state index contributed by atoms with van der Waals surface area (Å²) in [5, 5.41) is 10.1. The van der Waals surface area contributed by atoms with Gasteiger partial charge in [0.1, 0.15) is 6.10 Å². The molecule has 4 nitrogen and oxygen atoms in total. The third-order valence-corrected chi connectivity index (χ3v) is 3.00. The number of hydrogen-bond acceptors (Lipinski definition) is 4. The first-order chi connectivity index (χ1) is 7.52. The Morgan fingerprint density at radius 2 is 2.00 bits per heavy atom. The standard InChI is InChI=1S/C12H22O4/c1-5-6-7-10(13)12(15-4)9-8-11(2,14-3)16-12/h8-10,13H,5-7H2,1-4H3. The summed E-state index contributed by atoms with van der Waals surface area (Å²) in [6.45, 7) is 3.87. The summed E-state index contributed by atoms with van der Waals surface area (Å²) in [6.07, 6.45) is 5.44. The van der Waals surface area contributed by atoms with Gasteiger partial charge in [0.05, 0.1) is 0 Å². The molecule has 0 saturated carbocycles. The van der Waals surface area contributed by atoms with Crippen molar-refractivity contribution in [2.75, 3.05) is 14.2 Å². The predicted molar refractivity (Wildman–Crippen MR) is 60.9 cm³/mol. The maximum Gasteiger partial charge on any atom is 0.217 e. The molecule has 0 aromatic rings. The van der Waals surface area contributed by atoms with Crippen molar-refractivity contribution in [1.82, 2.24) is 0 Å². The van der Waals surface area contributed by atoms with Gasteiger partial charge in [-0.3, -0.25) is 0 Å². The van der Waals surface area contributed by atoms with Gasteiger partial charge in [0.2, 0.25) is 5.79 Å². The van der Waals surface area contributed by atoms with Gasteiger partial charge in [-0.1, -0.05) is 19.8 Å². The number of hydrogen-bond donors (Lipinski definition) is 1. The van der Waals surface area contributed by atoms with Crippen LogP contribution in [0.1, 0.15) is 33.1 Å². The highest BCUT2D eigenvalue weighted by molar-refractivity contribution is 5.12. The molecule has 0 aromatic heterocycles. The van der Waals surface area contributed by atoms with E-state index < -0.39 is 17.7 Å². The van der Waals surface area contributed by atoms with Crippen LogP contribution < -0.4 is 0 Å². The number of unbranched alkanes of at least 4 members (excludes halogenated alkanes) is 1. The van der Waals surface area contributed by atoms with Crippen LogP contribution in [0.25, 0.3) is 0 Å². The monoisotopic (exact) mass is 230 g/mol. The van der Waals surface area contributed by atoms with Gasteiger partial charge in [-0.2, -0.15) is 0 Å². The molecule has 1 aliphatic rings. The van der Waals surface area contributed by atoms with Crippen LogP contribution in [0.4, 0.5) is 0 Å². The average molecular weight is 230 g/mol. The molecule has 94 valence electrons. The number of rotatable bonds is 6. The molecular formula is C12H22O4. The lowest BCUT2D eigenvalue weighted by Gasteiger charge is -2.34. The quantitative estimate of drug-likeness (QED) is 0.707. The summed E-state index contributed by atoms with van der Waals surface area (Å²) in [7, 11) is 3.09. The van der Waals surface area contributed by atoms with E-state index in [1.165, 1.54) is 7.11 Å². The molecule has 0 bridgehead atoms. The third-order valence-electron chi connectivity index (χ3n) is 3.00. The molecule has 0 spiro atoms. The molecule has 0 aromatic carbocycles. The minimum atomic E-state index is -1.07. The number of aliphatic hydroxyl groups excluding tert-OH is 1. The fourth-order valence-corrected chi connectivity index (χ4v) is 1.79. The van der Waals surface area contributed by atoms with Gasteiger partial charge in [-0.25, -0.2) is 0 Å². The van der Waals surface area contributed by atoms with Crippen LogP contribution >= 0.6 is 0 Å². The molecule has 1 rings (SSSR count). The summed E-state index contributed by atoms with van der Waals surface area (Å²) in [4.78, 5) is 0. The van der Waals surface area contributed by atoms with Crippen LogP contribution in [0.15, 0.2) is 12.2 Å². The molecule has 4 heteroatoms. The highest BCUT2D eigenvalue weighted by Gasteiger charge is 2.47. The van der Waals surface area contributed by atoms with E-state index >= 15 is 0 Å². The molecule has 0 aliphatic carbocycles. The van der Waals surface area contributed by atoms with Crippen LogP contribution in [0.2, 0.25) is 0 Å². The Bertz CT molecular complexity index is 253. The lowest BCUT2D eigenvalue weighted by molar-refractivity contribution is -0.315. The maximum absolute atomic E-state index is 10.1. The minimum absolute atomic E-state index is 0.647. The van der Waals surface area contributed by atoms with Gasteiger partial charge in [0.25, 0.3) is 0 Å². The van der Waals surface area contributed by atoms with E-state index in [1.807, 2.05) is 0 Å². The Labute approximate surface area is 97.2 Å². The number of aliphatic hydroxyl groups is 1. The van der Waals surface area contributed by atoms with Crippen molar-refractivity contribution in [1.29, 1.82) is 0 Å². The van der Waals surface area contributed by atoms with E-state index in [9.17, 15) is 5.11 Å². The zero-order valence-electron chi connectivity index (χ0n) is 10.5. The van der Waals surface area contributed by atoms with Gasteiger partial charge in [0, 0.05) is 14.2 Å². The molecule has 1 aliphatic heterocycles. The summed E-state index contributed by atoms with van der Waals surface area (Å²) >= 11 is 0. The van der Waals surface area contributed by atoms with E-state index in [4.69, 9.17) is 14.2 Å². The molecule has 3 atom stereocenters. The summed E-state index contributed by atoms with van der Waals surface area (Å²) in [6, 6.07) is 0. The van der Waals surface area contributed by atoms with Crippen molar-refractivity contribution in [3.63, 3.8) is 0 Å². The molecule has 1 heterocycles. The maximum atomic E-state index is 10.1. The zero-order valence-corrected chi connectivity index (χ0v) is 10.5. The Morgan fingerprint density at radius 1 is 1.31 bits per heavy atom. The fourth-order valence-electron chi connectivity index (χ4n) is 1.79. The van der Waals surface area contributed by atoms with Crippen molar-refractivity contribution < 1.29 is 19.3 Å².